The SMILES string of the molecule is CN(CCCNC/C=C/CCl)C1CCCCC1. The van der Waals surface area contributed by atoms with Crippen LogP contribution in [-0.2, 0) is 0 Å². The maximum atomic E-state index is 5.55. The van der Waals surface area contributed by atoms with E-state index in [4.69, 9.17) is 11.6 Å². The van der Waals surface area contributed by atoms with Crippen molar-refractivity contribution in [3.8, 4) is 0 Å². The van der Waals surface area contributed by atoms with Crippen molar-refractivity contribution in [3.63, 3.8) is 0 Å². The van der Waals surface area contributed by atoms with Crippen LogP contribution >= 0.6 is 11.6 Å². The van der Waals surface area contributed by atoms with Gasteiger partial charge in [0.25, 0.3) is 0 Å². The molecule has 17 heavy (non-hydrogen) atoms. The van der Waals surface area contributed by atoms with E-state index >= 15 is 0 Å². The monoisotopic (exact) mass is 258 g/mol. The van der Waals surface area contributed by atoms with Gasteiger partial charge in [-0.3, -0.25) is 0 Å². The average molecular weight is 259 g/mol. The molecule has 0 heterocycles. The minimum absolute atomic E-state index is 0.617. The zero-order valence-electron chi connectivity index (χ0n) is 11.1. The number of halogens is 1. The Labute approximate surface area is 111 Å². The van der Waals surface area contributed by atoms with Crippen molar-refractivity contribution in [2.75, 3.05) is 32.6 Å². The number of hydrogen-bond acceptors (Lipinski definition) is 2. The van der Waals surface area contributed by atoms with Crippen molar-refractivity contribution in [3.05, 3.63) is 12.2 Å². The predicted molar refractivity (Wildman–Crippen MR) is 76.8 cm³/mol. The van der Waals surface area contributed by atoms with Crippen LogP contribution in [0.3, 0.4) is 0 Å². The highest BCUT2D eigenvalue weighted by molar-refractivity contribution is 6.18. The molecule has 0 spiro atoms. The largest absolute Gasteiger partial charge is 0.313 e. The summed E-state index contributed by atoms with van der Waals surface area (Å²) in [5.41, 5.74) is 0. The number of allylic oxidation sites excluding steroid dienone is 1. The van der Waals surface area contributed by atoms with Crippen molar-refractivity contribution in [2.24, 2.45) is 0 Å². The molecule has 0 aromatic heterocycles. The van der Waals surface area contributed by atoms with Crippen molar-refractivity contribution in [1.29, 1.82) is 0 Å². The lowest BCUT2D eigenvalue weighted by molar-refractivity contribution is 0.190. The zero-order chi connectivity index (χ0) is 12.3. The van der Waals surface area contributed by atoms with Gasteiger partial charge in [-0.1, -0.05) is 31.4 Å². The van der Waals surface area contributed by atoms with Crippen LogP contribution in [0.15, 0.2) is 12.2 Å². The fraction of sp³-hybridized carbons (Fsp3) is 0.857. The smallest absolute Gasteiger partial charge is 0.0404 e. The summed E-state index contributed by atoms with van der Waals surface area (Å²) in [5.74, 6) is 0.617. The third kappa shape index (κ3) is 7.07. The summed E-state index contributed by atoms with van der Waals surface area (Å²) in [4.78, 5) is 2.55. The van der Waals surface area contributed by atoms with Crippen LogP contribution in [-0.4, -0.2) is 43.5 Å². The number of nitrogens with one attached hydrogen (secondary N) is 1. The molecule has 1 fully saturated rings. The molecule has 0 aromatic rings. The molecule has 0 atom stereocenters. The Bertz CT molecular complexity index is 200. The molecule has 1 saturated carbocycles. The molecule has 100 valence electrons. The Morgan fingerprint density at radius 3 is 2.71 bits per heavy atom. The Morgan fingerprint density at radius 1 is 1.24 bits per heavy atom. The van der Waals surface area contributed by atoms with Crippen LogP contribution in [0.2, 0.25) is 0 Å². The van der Waals surface area contributed by atoms with Crippen LogP contribution in [0.5, 0.6) is 0 Å². The number of hydrogen-bond donors (Lipinski definition) is 1. The van der Waals surface area contributed by atoms with Gasteiger partial charge in [-0.2, -0.15) is 0 Å². The normalized spacial score (nSPS) is 18.3. The fourth-order valence-electron chi connectivity index (χ4n) is 2.49. The lowest BCUT2D eigenvalue weighted by Gasteiger charge is -2.31. The van der Waals surface area contributed by atoms with Crippen LogP contribution < -0.4 is 5.32 Å². The van der Waals surface area contributed by atoms with Crippen LogP contribution in [0.1, 0.15) is 38.5 Å². The first kappa shape index (κ1) is 15.0. The van der Waals surface area contributed by atoms with Crippen molar-refractivity contribution in [1.82, 2.24) is 10.2 Å². The van der Waals surface area contributed by atoms with E-state index in [0.29, 0.717) is 5.88 Å². The molecule has 1 rings (SSSR count). The highest BCUT2D eigenvalue weighted by Crippen LogP contribution is 2.21. The van der Waals surface area contributed by atoms with Gasteiger partial charge in [0.05, 0.1) is 0 Å². The third-order valence-electron chi connectivity index (χ3n) is 3.58. The first-order chi connectivity index (χ1) is 8.34. The highest BCUT2D eigenvalue weighted by atomic mass is 35.5. The molecule has 0 bridgehead atoms. The standard InChI is InChI=1S/C14H27ClN2/c1-17(14-8-3-2-4-9-14)13-7-12-16-11-6-5-10-15/h5-6,14,16H,2-4,7-13H2,1H3/b6-5+. The topological polar surface area (TPSA) is 15.3 Å². The summed E-state index contributed by atoms with van der Waals surface area (Å²) in [6, 6.07) is 0.847. The second-order valence-corrected chi connectivity index (χ2v) is 5.26. The number of nitrogens with zero attached hydrogens (tertiary/aromatic N) is 1. The summed E-state index contributed by atoms with van der Waals surface area (Å²) < 4.78 is 0. The molecule has 0 radical (unpaired) electrons. The molecule has 1 N–H and O–H groups in total. The number of alkyl halides is 1. The molecule has 2 nitrogen and oxygen atoms in total. The van der Waals surface area contributed by atoms with E-state index in [1.807, 2.05) is 6.08 Å². The van der Waals surface area contributed by atoms with E-state index in [-0.39, 0.29) is 0 Å². The number of rotatable bonds is 8. The van der Waals surface area contributed by atoms with Crippen LogP contribution in [0.4, 0.5) is 0 Å². The van der Waals surface area contributed by atoms with Gasteiger partial charge in [0, 0.05) is 18.5 Å². The van der Waals surface area contributed by atoms with Gasteiger partial charge in [0.15, 0.2) is 0 Å². The summed E-state index contributed by atoms with van der Waals surface area (Å²) >= 11 is 5.55. The first-order valence-corrected chi connectivity index (χ1v) is 7.50. The van der Waals surface area contributed by atoms with Crippen molar-refractivity contribution < 1.29 is 0 Å². The molecule has 1 aliphatic carbocycles. The Morgan fingerprint density at radius 2 is 2.00 bits per heavy atom. The van der Waals surface area contributed by atoms with E-state index < -0.39 is 0 Å². The van der Waals surface area contributed by atoms with Crippen LogP contribution in [0.25, 0.3) is 0 Å². The van der Waals surface area contributed by atoms with Gasteiger partial charge in [-0.15, -0.1) is 11.6 Å². The molecule has 0 aliphatic heterocycles. The Hall–Kier alpha value is -0.0500. The molecular formula is C14H27ClN2. The highest BCUT2D eigenvalue weighted by Gasteiger charge is 2.16. The lowest BCUT2D eigenvalue weighted by atomic mass is 9.94. The predicted octanol–water partition coefficient (Wildman–Crippen LogP) is 3.03. The van der Waals surface area contributed by atoms with Crippen molar-refractivity contribution >= 4 is 11.6 Å². The van der Waals surface area contributed by atoms with Gasteiger partial charge < -0.3 is 10.2 Å². The first-order valence-electron chi connectivity index (χ1n) is 6.96. The summed E-state index contributed by atoms with van der Waals surface area (Å²) in [6.07, 6.45) is 12.4. The molecule has 0 amide bonds. The molecule has 3 heteroatoms. The molecule has 0 aromatic carbocycles. The average Bonchev–Trinajstić information content (AvgIpc) is 2.38. The molecule has 0 unspecified atom stereocenters. The Kier molecular flexibility index (Phi) is 8.76. The van der Waals surface area contributed by atoms with E-state index in [2.05, 4.69) is 23.3 Å². The minimum atomic E-state index is 0.617. The lowest BCUT2D eigenvalue weighted by Crippen LogP contribution is -2.35. The summed E-state index contributed by atoms with van der Waals surface area (Å²) in [7, 11) is 2.28. The molecule has 1 aliphatic rings. The van der Waals surface area contributed by atoms with Gasteiger partial charge >= 0.3 is 0 Å². The van der Waals surface area contributed by atoms with E-state index in [0.717, 1.165) is 19.1 Å². The summed E-state index contributed by atoms with van der Waals surface area (Å²) in [5, 5.41) is 3.41. The van der Waals surface area contributed by atoms with Gasteiger partial charge in [0.2, 0.25) is 0 Å². The fourth-order valence-corrected chi connectivity index (χ4v) is 2.62. The maximum Gasteiger partial charge on any atom is 0.0404 e. The summed E-state index contributed by atoms with van der Waals surface area (Å²) in [6.45, 7) is 3.26. The van der Waals surface area contributed by atoms with E-state index in [1.165, 1.54) is 45.1 Å². The quantitative estimate of drug-likeness (QED) is 0.409. The Balaban J connectivity index is 1.96. The molecule has 0 saturated heterocycles. The second kappa shape index (κ2) is 9.93. The van der Waals surface area contributed by atoms with Gasteiger partial charge in [0.1, 0.15) is 0 Å². The minimum Gasteiger partial charge on any atom is -0.313 e. The van der Waals surface area contributed by atoms with E-state index in [9.17, 15) is 0 Å². The molecular weight excluding hydrogens is 232 g/mol. The maximum absolute atomic E-state index is 5.55. The van der Waals surface area contributed by atoms with Crippen molar-refractivity contribution in [2.45, 2.75) is 44.6 Å². The van der Waals surface area contributed by atoms with Crippen LogP contribution in [0, 0.1) is 0 Å². The third-order valence-corrected chi connectivity index (χ3v) is 3.76. The second-order valence-electron chi connectivity index (χ2n) is 4.96. The van der Waals surface area contributed by atoms with Gasteiger partial charge in [-0.05, 0) is 39.4 Å². The van der Waals surface area contributed by atoms with Gasteiger partial charge in [-0.25, -0.2) is 0 Å². The zero-order valence-corrected chi connectivity index (χ0v) is 11.9. The van der Waals surface area contributed by atoms with E-state index in [1.54, 1.807) is 0 Å².